The van der Waals surface area contributed by atoms with Gasteiger partial charge >= 0.3 is 0 Å². The molecule has 0 saturated carbocycles. The second-order valence-corrected chi connectivity index (χ2v) is 8.37. The molecular weight excluding hydrogens is 347 g/mol. The van der Waals surface area contributed by atoms with Crippen molar-refractivity contribution < 1.29 is 4.39 Å². The molecule has 26 heavy (non-hydrogen) atoms. The van der Waals surface area contributed by atoms with E-state index in [9.17, 15) is 4.39 Å². The number of thiophene rings is 1. The Morgan fingerprint density at radius 1 is 1.04 bits per heavy atom. The number of alkyl halides is 1. The molecule has 6 rings (SSSR count). The van der Waals surface area contributed by atoms with Crippen molar-refractivity contribution >= 4 is 11.3 Å². The van der Waals surface area contributed by atoms with Crippen LogP contribution in [-0.2, 0) is 6.67 Å². The zero-order chi connectivity index (χ0) is 17.5. The largest absolute Gasteiger partial charge is 0.301 e. The third kappa shape index (κ3) is 2.87. The third-order valence-electron chi connectivity index (χ3n) is 5.72. The molecule has 4 nitrogen and oxygen atoms in total. The first kappa shape index (κ1) is 16.1. The van der Waals surface area contributed by atoms with Crippen molar-refractivity contribution in [3.05, 3.63) is 48.2 Å². The molecule has 1 atom stereocenters. The van der Waals surface area contributed by atoms with Crippen LogP contribution in [0.15, 0.2) is 42.6 Å². The van der Waals surface area contributed by atoms with Crippen molar-refractivity contribution in [3.8, 4) is 21.0 Å². The maximum Gasteiger partial charge on any atom is 0.123 e. The summed E-state index contributed by atoms with van der Waals surface area (Å²) < 4.78 is 14.8. The van der Waals surface area contributed by atoms with Gasteiger partial charge in [-0.15, -0.1) is 16.4 Å². The maximum absolute atomic E-state index is 12.7. The summed E-state index contributed by atoms with van der Waals surface area (Å²) in [6, 6.07) is 12.3. The van der Waals surface area contributed by atoms with Gasteiger partial charge in [-0.1, -0.05) is 29.5 Å². The Labute approximate surface area is 156 Å². The number of aromatic nitrogens is 3. The summed E-state index contributed by atoms with van der Waals surface area (Å²) in [5, 5.41) is 8.88. The number of hydrogen-bond acceptors (Lipinski definition) is 4. The number of rotatable bonds is 4. The number of piperidine rings is 3. The van der Waals surface area contributed by atoms with E-state index in [4.69, 9.17) is 0 Å². The maximum atomic E-state index is 12.7. The van der Waals surface area contributed by atoms with Crippen LogP contribution in [0.4, 0.5) is 4.39 Å². The van der Waals surface area contributed by atoms with Crippen LogP contribution in [0.1, 0.15) is 24.4 Å². The molecule has 3 aromatic rings. The van der Waals surface area contributed by atoms with E-state index < -0.39 is 6.67 Å². The van der Waals surface area contributed by atoms with Crippen LogP contribution in [0.5, 0.6) is 0 Å². The monoisotopic (exact) mass is 368 g/mol. The van der Waals surface area contributed by atoms with Gasteiger partial charge in [0.05, 0.1) is 17.1 Å². The van der Waals surface area contributed by atoms with Gasteiger partial charge in [-0.2, -0.15) is 0 Å². The van der Waals surface area contributed by atoms with Crippen molar-refractivity contribution in [1.82, 2.24) is 19.9 Å². The van der Waals surface area contributed by atoms with Crippen LogP contribution >= 0.6 is 11.3 Å². The van der Waals surface area contributed by atoms with Gasteiger partial charge < -0.3 is 4.90 Å². The van der Waals surface area contributed by atoms with Gasteiger partial charge in [0.2, 0.25) is 0 Å². The predicted octanol–water partition coefficient (Wildman–Crippen LogP) is 4.41. The van der Waals surface area contributed by atoms with Gasteiger partial charge in [-0.05, 0) is 55.1 Å². The molecule has 2 aromatic heterocycles. The first-order valence-electron chi connectivity index (χ1n) is 9.20. The number of fused-ring (bicyclic) bond motifs is 3. The predicted molar refractivity (Wildman–Crippen MR) is 102 cm³/mol. The van der Waals surface area contributed by atoms with Gasteiger partial charge in [0.25, 0.3) is 0 Å². The highest BCUT2D eigenvalue weighted by atomic mass is 32.1. The van der Waals surface area contributed by atoms with Crippen molar-refractivity contribution in [2.45, 2.75) is 25.6 Å². The van der Waals surface area contributed by atoms with Crippen LogP contribution in [0, 0.1) is 5.92 Å². The first-order valence-corrected chi connectivity index (χ1v) is 10.0. The number of hydrogen-bond donors (Lipinski definition) is 0. The molecule has 0 N–H and O–H groups in total. The average molecular weight is 368 g/mol. The van der Waals surface area contributed by atoms with Gasteiger partial charge in [0, 0.05) is 11.4 Å². The fourth-order valence-corrected chi connectivity index (χ4v) is 5.14. The van der Waals surface area contributed by atoms with Gasteiger partial charge in [0.1, 0.15) is 12.4 Å². The van der Waals surface area contributed by atoms with Crippen LogP contribution in [0.3, 0.4) is 0 Å². The minimum atomic E-state index is -0.418. The minimum Gasteiger partial charge on any atom is -0.301 e. The second kappa shape index (κ2) is 6.59. The topological polar surface area (TPSA) is 34.0 Å². The Hall–Kier alpha value is -2.05. The molecule has 0 spiro atoms. The third-order valence-corrected chi connectivity index (χ3v) is 6.88. The Bertz CT molecular complexity index is 893. The molecule has 3 aliphatic rings. The Morgan fingerprint density at radius 2 is 1.81 bits per heavy atom. The fourth-order valence-electron chi connectivity index (χ4n) is 4.17. The number of halogens is 1. The summed E-state index contributed by atoms with van der Waals surface area (Å²) in [5.74, 6) is 0.738. The summed E-state index contributed by atoms with van der Waals surface area (Å²) in [6.07, 6.45) is 4.66. The molecule has 3 aliphatic heterocycles. The SMILES string of the molecule is FCc1ccc(-c2ccc(-c3cn([C@H]4CN5CCC4CC5)nn3)s2)cc1. The van der Waals surface area contributed by atoms with Gasteiger partial charge in [0.15, 0.2) is 0 Å². The smallest absolute Gasteiger partial charge is 0.123 e. The molecule has 3 saturated heterocycles. The Kier molecular flexibility index (Phi) is 4.10. The highest BCUT2D eigenvalue weighted by Gasteiger charge is 2.35. The standard InChI is InChI=1S/C20H21FN4S/c21-11-14-1-3-16(4-2-14)19-5-6-20(26-19)17-12-25(23-22-17)18-13-24-9-7-15(18)8-10-24/h1-6,12,15,18H,7-11,13H2/t18-/m0/s1. The van der Waals surface area contributed by atoms with Gasteiger partial charge in [-0.25, -0.2) is 9.07 Å². The lowest BCUT2D eigenvalue weighted by molar-refractivity contribution is 0.0504. The van der Waals surface area contributed by atoms with E-state index in [-0.39, 0.29) is 0 Å². The van der Waals surface area contributed by atoms with Crippen molar-refractivity contribution in [3.63, 3.8) is 0 Å². The molecule has 0 unspecified atom stereocenters. The van der Waals surface area contributed by atoms with Crippen LogP contribution < -0.4 is 0 Å². The van der Waals surface area contributed by atoms with E-state index in [1.807, 2.05) is 24.3 Å². The molecule has 2 bridgehead atoms. The Morgan fingerprint density at radius 3 is 2.50 bits per heavy atom. The van der Waals surface area contributed by atoms with Crippen LogP contribution in [0.25, 0.3) is 21.0 Å². The lowest BCUT2D eigenvalue weighted by atomic mass is 9.84. The summed E-state index contributed by atoms with van der Waals surface area (Å²) in [4.78, 5) is 4.83. The molecule has 5 heterocycles. The number of nitrogens with zero attached hydrogens (tertiary/aromatic N) is 4. The molecule has 0 amide bonds. The van der Waals surface area contributed by atoms with E-state index in [1.165, 1.54) is 30.8 Å². The zero-order valence-corrected chi connectivity index (χ0v) is 15.3. The van der Waals surface area contributed by atoms with E-state index in [1.54, 1.807) is 11.3 Å². The van der Waals surface area contributed by atoms with E-state index in [2.05, 4.69) is 38.2 Å². The summed E-state index contributed by atoms with van der Waals surface area (Å²) >= 11 is 1.71. The van der Waals surface area contributed by atoms with Crippen LogP contribution in [-0.4, -0.2) is 39.5 Å². The molecule has 0 aliphatic carbocycles. The molecule has 6 heteroatoms. The lowest BCUT2D eigenvalue weighted by Gasteiger charge is -2.44. The first-order chi connectivity index (χ1) is 12.8. The van der Waals surface area contributed by atoms with Crippen molar-refractivity contribution in [2.24, 2.45) is 5.92 Å². The molecular formula is C20H21FN4S. The van der Waals surface area contributed by atoms with E-state index >= 15 is 0 Å². The van der Waals surface area contributed by atoms with Crippen molar-refractivity contribution in [2.75, 3.05) is 19.6 Å². The molecule has 1 aromatic carbocycles. The molecule has 0 radical (unpaired) electrons. The summed E-state index contributed by atoms with van der Waals surface area (Å²) in [6.45, 7) is 3.15. The fraction of sp³-hybridized carbons (Fsp3) is 0.400. The lowest BCUT2D eigenvalue weighted by Crippen LogP contribution is -2.48. The summed E-state index contributed by atoms with van der Waals surface area (Å²) in [7, 11) is 0. The second-order valence-electron chi connectivity index (χ2n) is 7.28. The Balaban J connectivity index is 1.37. The van der Waals surface area contributed by atoms with Gasteiger partial charge in [-0.3, -0.25) is 0 Å². The highest BCUT2D eigenvalue weighted by Crippen LogP contribution is 2.37. The quantitative estimate of drug-likeness (QED) is 0.684. The molecule has 134 valence electrons. The van der Waals surface area contributed by atoms with E-state index in [0.29, 0.717) is 11.6 Å². The van der Waals surface area contributed by atoms with E-state index in [0.717, 1.165) is 28.6 Å². The zero-order valence-electron chi connectivity index (χ0n) is 14.5. The highest BCUT2D eigenvalue weighted by molar-refractivity contribution is 7.18. The van der Waals surface area contributed by atoms with Crippen LogP contribution in [0.2, 0.25) is 0 Å². The molecule has 3 fully saturated rings. The van der Waals surface area contributed by atoms with Crippen molar-refractivity contribution in [1.29, 1.82) is 0 Å². The number of benzene rings is 1. The normalized spacial score (nSPS) is 24.9. The minimum absolute atomic E-state index is 0.418. The average Bonchev–Trinajstić information content (AvgIpc) is 3.38. The summed E-state index contributed by atoms with van der Waals surface area (Å²) in [5.41, 5.74) is 2.77.